The summed E-state index contributed by atoms with van der Waals surface area (Å²) in [4.78, 5) is 15.3. The molecule has 0 spiro atoms. The quantitative estimate of drug-likeness (QED) is 0.780. The highest BCUT2D eigenvalue weighted by atomic mass is 35.5. The minimum absolute atomic E-state index is 0.342. The van der Waals surface area contributed by atoms with E-state index in [1.165, 1.54) is 17.8 Å². The molecule has 1 aliphatic heterocycles. The van der Waals surface area contributed by atoms with Crippen LogP contribution in [-0.4, -0.2) is 33.9 Å². The molecule has 2 heterocycles. The Morgan fingerprint density at radius 1 is 1.41 bits per heavy atom. The van der Waals surface area contributed by atoms with Gasteiger partial charge >= 0.3 is 5.97 Å². The molecule has 1 aromatic heterocycles. The highest BCUT2D eigenvalue weighted by molar-refractivity contribution is 6.42. The highest BCUT2D eigenvalue weighted by Crippen LogP contribution is 2.36. The second-order valence-electron chi connectivity index (χ2n) is 5.16. The molecule has 8 heteroatoms. The predicted molar refractivity (Wildman–Crippen MR) is 79.8 cm³/mol. The number of fused-ring (bicyclic) bond motifs is 1. The molecule has 0 radical (unpaired) electrons. The monoisotopic (exact) mass is 346 g/mol. The third kappa shape index (κ3) is 2.55. The molecule has 0 bridgehead atoms. The maximum absolute atomic E-state index is 14.6. The summed E-state index contributed by atoms with van der Waals surface area (Å²) in [6.07, 6.45) is -2.52. The second-order valence-corrected chi connectivity index (χ2v) is 5.97. The number of ether oxygens (including phenoxy) is 2. The molecule has 118 valence electrons. The van der Waals surface area contributed by atoms with Crippen LogP contribution in [0.1, 0.15) is 20.1 Å². The molecule has 1 aliphatic rings. The van der Waals surface area contributed by atoms with Crippen molar-refractivity contribution in [3.8, 4) is 0 Å². The lowest BCUT2D eigenvalue weighted by Crippen LogP contribution is -2.31. The van der Waals surface area contributed by atoms with Gasteiger partial charge in [-0.05, 0) is 19.1 Å². The van der Waals surface area contributed by atoms with Crippen molar-refractivity contribution >= 4 is 40.2 Å². The SMILES string of the molecule is CC(=O)O[C@H]1[C@@H](F)[C@H](n2cnc3cc(Cl)c(Cl)cc32)O[C@@H]1C. The molecule has 4 atom stereocenters. The molecule has 3 rings (SSSR count). The van der Waals surface area contributed by atoms with E-state index in [9.17, 15) is 9.18 Å². The summed E-state index contributed by atoms with van der Waals surface area (Å²) in [6, 6.07) is 3.21. The fourth-order valence-electron chi connectivity index (χ4n) is 2.59. The van der Waals surface area contributed by atoms with Crippen molar-refractivity contribution in [2.24, 2.45) is 0 Å². The number of nitrogens with zero attached hydrogens (tertiary/aromatic N) is 2. The number of rotatable bonds is 2. The molecule has 0 unspecified atom stereocenters. The maximum atomic E-state index is 14.6. The van der Waals surface area contributed by atoms with Gasteiger partial charge in [-0.3, -0.25) is 4.79 Å². The standard InChI is InChI=1S/C14H13Cl2FN2O3/c1-6-13(22-7(2)20)12(17)14(21-6)19-5-18-10-3-8(15)9(16)4-11(10)19/h3-6,12-14H,1-2H3/t6-,12-,13-,14-/m1/s1. The normalized spacial score (nSPS) is 28.2. The number of aromatic nitrogens is 2. The van der Waals surface area contributed by atoms with Crippen molar-refractivity contribution in [2.45, 2.75) is 38.5 Å². The fourth-order valence-corrected chi connectivity index (χ4v) is 2.91. The molecular weight excluding hydrogens is 334 g/mol. The van der Waals surface area contributed by atoms with Crippen LogP contribution < -0.4 is 0 Å². The first-order valence-electron chi connectivity index (χ1n) is 6.67. The molecule has 0 N–H and O–H groups in total. The number of hydrogen-bond acceptors (Lipinski definition) is 4. The number of alkyl halides is 1. The van der Waals surface area contributed by atoms with Crippen LogP contribution >= 0.6 is 23.2 Å². The summed E-state index contributed by atoms with van der Waals surface area (Å²) in [5.41, 5.74) is 1.17. The van der Waals surface area contributed by atoms with Crippen LogP contribution in [0.15, 0.2) is 18.5 Å². The lowest BCUT2D eigenvalue weighted by atomic mass is 10.1. The first-order valence-corrected chi connectivity index (χ1v) is 7.42. The Labute approximate surface area is 135 Å². The number of imidazole rings is 1. The second kappa shape index (κ2) is 5.68. The van der Waals surface area contributed by atoms with Crippen LogP contribution in [0.2, 0.25) is 10.0 Å². The minimum atomic E-state index is -1.51. The smallest absolute Gasteiger partial charge is 0.303 e. The van der Waals surface area contributed by atoms with Gasteiger partial charge in [0, 0.05) is 6.92 Å². The van der Waals surface area contributed by atoms with E-state index in [1.807, 2.05) is 0 Å². The Morgan fingerprint density at radius 2 is 2.09 bits per heavy atom. The van der Waals surface area contributed by atoms with Gasteiger partial charge in [0.1, 0.15) is 0 Å². The number of hydrogen-bond donors (Lipinski definition) is 0. The van der Waals surface area contributed by atoms with Crippen LogP contribution in [-0.2, 0) is 14.3 Å². The molecule has 2 aromatic rings. The Kier molecular flexibility index (Phi) is 4.01. The first kappa shape index (κ1) is 15.5. The number of benzene rings is 1. The van der Waals surface area contributed by atoms with Gasteiger partial charge in [-0.2, -0.15) is 0 Å². The minimum Gasteiger partial charge on any atom is -0.456 e. The van der Waals surface area contributed by atoms with Gasteiger partial charge in [0.05, 0.1) is 33.5 Å². The fraction of sp³-hybridized carbons (Fsp3) is 0.429. The van der Waals surface area contributed by atoms with E-state index in [-0.39, 0.29) is 0 Å². The molecule has 0 saturated carbocycles. The van der Waals surface area contributed by atoms with Crippen molar-refractivity contribution in [2.75, 3.05) is 0 Å². The third-order valence-corrected chi connectivity index (χ3v) is 4.32. The lowest BCUT2D eigenvalue weighted by Gasteiger charge is -2.17. The van der Waals surface area contributed by atoms with E-state index in [2.05, 4.69) is 4.98 Å². The largest absolute Gasteiger partial charge is 0.456 e. The summed E-state index contributed by atoms with van der Waals surface area (Å²) in [5.74, 6) is -0.547. The van der Waals surface area contributed by atoms with Crippen molar-refractivity contribution in [1.29, 1.82) is 0 Å². The van der Waals surface area contributed by atoms with Gasteiger partial charge in [0.25, 0.3) is 0 Å². The summed E-state index contributed by atoms with van der Waals surface area (Å²) >= 11 is 12.0. The Morgan fingerprint density at radius 3 is 2.77 bits per heavy atom. The number of carbonyl (C=O) groups is 1. The first-order chi connectivity index (χ1) is 10.4. The van der Waals surface area contributed by atoms with Crippen LogP contribution in [0.4, 0.5) is 4.39 Å². The van der Waals surface area contributed by atoms with E-state index in [1.54, 1.807) is 19.1 Å². The van der Waals surface area contributed by atoms with Crippen molar-refractivity contribution in [3.63, 3.8) is 0 Å². The molecule has 1 saturated heterocycles. The zero-order valence-electron chi connectivity index (χ0n) is 11.8. The maximum Gasteiger partial charge on any atom is 0.303 e. The number of esters is 1. The molecule has 0 aliphatic carbocycles. The van der Waals surface area contributed by atoms with Gasteiger partial charge in [-0.1, -0.05) is 23.2 Å². The van der Waals surface area contributed by atoms with Crippen LogP contribution in [0.3, 0.4) is 0 Å². The molecule has 0 amide bonds. The topological polar surface area (TPSA) is 53.4 Å². The third-order valence-electron chi connectivity index (χ3n) is 3.60. The summed E-state index contributed by atoms with van der Waals surface area (Å²) in [6.45, 7) is 2.89. The molecule has 5 nitrogen and oxygen atoms in total. The van der Waals surface area contributed by atoms with E-state index >= 15 is 0 Å². The number of carbonyl (C=O) groups excluding carboxylic acids is 1. The lowest BCUT2D eigenvalue weighted by molar-refractivity contribution is -0.150. The average molecular weight is 347 g/mol. The molecule has 1 fully saturated rings. The Balaban J connectivity index is 1.98. The van der Waals surface area contributed by atoms with E-state index < -0.39 is 30.6 Å². The summed E-state index contributed by atoms with van der Waals surface area (Å²) in [7, 11) is 0. The van der Waals surface area contributed by atoms with Crippen molar-refractivity contribution in [1.82, 2.24) is 9.55 Å². The van der Waals surface area contributed by atoms with Crippen LogP contribution in [0.5, 0.6) is 0 Å². The predicted octanol–water partition coefficient (Wildman–Crippen LogP) is 3.53. The van der Waals surface area contributed by atoms with E-state index in [4.69, 9.17) is 32.7 Å². The highest BCUT2D eigenvalue weighted by Gasteiger charge is 2.46. The van der Waals surface area contributed by atoms with Crippen LogP contribution in [0.25, 0.3) is 11.0 Å². The zero-order chi connectivity index (χ0) is 16.0. The van der Waals surface area contributed by atoms with Crippen LogP contribution in [0, 0.1) is 0 Å². The Bertz CT molecular complexity index is 736. The van der Waals surface area contributed by atoms with Crippen molar-refractivity contribution in [3.05, 3.63) is 28.5 Å². The molecular formula is C14H13Cl2FN2O3. The molecule has 22 heavy (non-hydrogen) atoms. The number of halogens is 3. The van der Waals surface area contributed by atoms with E-state index in [0.29, 0.717) is 21.1 Å². The average Bonchev–Trinajstić information content (AvgIpc) is 2.95. The summed E-state index contributed by atoms with van der Waals surface area (Å²) < 4.78 is 26.8. The van der Waals surface area contributed by atoms with Gasteiger partial charge in [-0.25, -0.2) is 9.37 Å². The molecule has 1 aromatic carbocycles. The zero-order valence-corrected chi connectivity index (χ0v) is 13.3. The van der Waals surface area contributed by atoms with Gasteiger partial charge < -0.3 is 14.0 Å². The van der Waals surface area contributed by atoms with Gasteiger partial charge in [0.15, 0.2) is 18.5 Å². The van der Waals surface area contributed by atoms with Gasteiger partial charge in [-0.15, -0.1) is 0 Å². The Hall–Kier alpha value is -1.37. The van der Waals surface area contributed by atoms with E-state index in [0.717, 1.165) is 0 Å². The van der Waals surface area contributed by atoms with Gasteiger partial charge in [0.2, 0.25) is 0 Å². The summed E-state index contributed by atoms with van der Waals surface area (Å²) in [5, 5.41) is 0.712. The van der Waals surface area contributed by atoms with Crippen molar-refractivity contribution < 1.29 is 18.7 Å².